The zero-order valence-electron chi connectivity index (χ0n) is 12.0. The number of nitrogens with zero attached hydrogens (tertiary/aromatic N) is 2. The Morgan fingerprint density at radius 1 is 1.38 bits per heavy atom. The standard InChI is InChI=1S/C16H18N2O3/c1-12-10-18(7-8-20-12)15(19)9-14-11-21-16(17-14)13-5-3-2-4-6-13/h2-6,11-12H,7-10H2,1H3. The van der Waals surface area contributed by atoms with E-state index in [1.54, 1.807) is 6.26 Å². The van der Waals surface area contributed by atoms with E-state index in [0.717, 1.165) is 5.56 Å². The lowest BCUT2D eigenvalue weighted by Gasteiger charge is -2.31. The summed E-state index contributed by atoms with van der Waals surface area (Å²) >= 11 is 0. The van der Waals surface area contributed by atoms with Gasteiger partial charge in [-0.25, -0.2) is 4.98 Å². The second-order valence-electron chi connectivity index (χ2n) is 5.21. The first-order chi connectivity index (χ1) is 10.2. The molecule has 1 aliphatic rings. The van der Waals surface area contributed by atoms with Crippen molar-refractivity contribution in [3.05, 3.63) is 42.3 Å². The van der Waals surface area contributed by atoms with E-state index in [0.29, 0.717) is 31.3 Å². The van der Waals surface area contributed by atoms with E-state index >= 15 is 0 Å². The van der Waals surface area contributed by atoms with Crippen LogP contribution in [0.15, 0.2) is 41.0 Å². The fourth-order valence-electron chi connectivity index (χ4n) is 2.41. The molecule has 21 heavy (non-hydrogen) atoms. The van der Waals surface area contributed by atoms with E-state index in [1.165, 1.54) is 0 Å². The highest BCUT2D eigenvalue weighted by atomic mass is 16.5. The fourth-order valence-corrected chi connectivity index (χ4v) is 2.41. The number of hydrogen-bond donors (Lipinski definition) is 0. The zero-order chi connectivity index (χ0) is 14.7. The maximum absolute atomic E-state index is 12.2. The van der Waals surface area contributed by atoms with Crippen molar-refractivity contribution in [2.24, 2.45) is 0 Å². The first-order valence-corrected chi connectivity index (χ1v) is 7.11. The lowest BCUT2D eigenvalue weighted by atomic mass is 10.2. The number of morpholine rings is 1. The number of carbonyl (C=O) groups excluding carboxylic acids is 1. The Morgan fingerprint density at radius 2 is 2.19 bits per heavy atom. The quantitative estimate of drug-likeness (QED) is 0.867. The van der Waals surface area contributed by atoms with Crippen LogP contribution in [-0.4, -0.2) is 41.6 Å². The molecular weight excluding hydrogens is 268 g/mol. The van der Waals surface area contributed by atoms with Crippen LogP contribution >= 0.6 is 0 Å². The van der Waals surface area contributed by atoms with Crippen LogP contribution in [0.4, 0.5) is 0 Å². The zero-order valence-corrected chi connectivity index (χ0v) is 12.0. The van der Waals surface area contributed by atoms with Gasteiger partial charge < -0.3 is 14.1 Å². The molecule has 2 aromatic rings. The van der Waals surface area contributed by atoms with Gasteiger partial charge in [0.2, 0.25) is 11.8 Å². The monoisotopic (exact) mass is 286 g/mol. The minimum Gasteiger partial charge on any atom is -0.444 e. The lowest BCUT2D eigenvalue weighted by molar-refractivity contribution is -0.137. The summed E-state index contributed by atoms with van der Waals surface area (Å²) in [6.07, 6.45) is 1.92. The summed E-state index contributed by atoms with van der Waals surface area (Å²) in [6, 6.07) is 9.66. The summed E-state index contributed by atoms with van der Waals surface area (Å²) in [5.41, 5.74) is 1.58. The van der Waals surface area contributed by atoms with Crippen molar-refractivity contribution in [1.29, 1.82) is 0 Å². The molecule has 1 amide bonds. The van der Waals surface area contributed by atoms with Crippen molar-refractivity contribution < 1.29 is 13.9 Å². The molecule has 0 N–H and O–H groups in total. The van der Waals surface area contributed by atoms with Gasteiger partial charge >= 0.3 is 0 Å². The van der Waals surface area contributed by atoms with Crippen LogP contribution in [0, 0.1) is 0 Å². The molecule has 5 nitrogen and oxygen atoms in total. The van der Waals surface area contributed by atoms with Gasteiger partial charge in [-0.1, -0.05) is 18.2 Å². The van der Waals surface area contributed by atoms with E-state index in [2.05, 4.69) is 4.98 Å². The van der Waals surface area contributed by atoms with E-state index in [4.69, 9.17) is 9.15 Å². The Kier molecular flexibility index (Phi) is 4.01. The van der Waals surface area contributed by atoms with Crippen LogP contribution in [-0.2, 0) is 16.0 Å². The van der Waals surface area contributed by atoms with Gasteiger partial charge in [-0.15, -0.1) is 0 Å². The Labute approximate surface area is 123 Å². The van der Waals surface area contributed by atoms with Gasteiger partial charge in [0.1, 0.15) is 6.26 Å². The summed E-state index contributed by atoms with van der Waals surface area (Å²) < 4.78 is 10.9. The maximum atomic E-state index is 12.2. The molecule has 1 aliphatic heterocycles. The minimum atomic E-state index is 0.0676. The Morgan fingerprint density at radius 3 is 2.95 bits per heavy atom. The lowest BCUT2D eigenvalue weighted by Crippen LogP contribution is -2.45. The van der Waals surface area contributed by atoms with Crippen molar-refractivity contribution in [2.45, 2.75) is 19.4 Å². The summed E-state index contributed by atoms with van der Waals surface area (Å²) in [6.45, 7) is 3.86. The molecule has 0 spiro atoms. The van der Waals surface area contributed by atoms with E-state index < -0.39 is 0 Å². The number of amides is 1. The van der Waals surface area contributed by atoms with Gasteiger partial charge in [-0.2, -0.15) is 0 Å². The summed E-state index contributed by atoms with van der Waals surface area (Å²) in [7, 11) is 0. The average Bonchev–Trinajstić information content (AvgIpc) is 2.97. The molecule has 1 atom stereocenters. The van der Waals surface area contributed by atoms with Crippen LogP contribution in [0.3, 0.4) is 0 Å². The third-order valence-electron chi connectivity index (χ3n) is 3.50. The topological polar surface area (TPSA) is 55.6 Å². The Bertz CT molecular complexity index is 609. The van der Waals surface area contributed by atoms with Gasteiger partial charge in [0, 0.05) is 18.7 Å². The molecule has 2 heterocycles. The molecule has 1 fully saturated rings. The van der Waals surface area contributed by atoms with Crippen molar-refractivity contribution in [2.75, 3.05) is 19.7 Å². The van der Waals surface area contributed by atoms with E-state index in [1.807, 2.05) is 42.2 Å². The predicted octanol–water partition coefficient (Wildman–Crippen LogP) is 2.13. The van der Waals surface area contributed by atoms with Crippen LogP contribution < -0.4 is 0 Å². The largest absolute Gasteiger partial charge is 0.444 e. The molecule has 5 heteroatoms. The van der Waals surface area contributed by atoms with Crippen LogP contribution in [0.5, 0.6) is 0 Å². The second-order valence-corrected chi connectivity index (χ2v) is 5.21. The van der Waals surface area contributed by atoms with Crippen LogP contribution in [0.25, 0.3) is 11.5 Å². The highest BCUT2D eigenvalue weighted by Gasteiger charge is 2.22. The second kappa shape index (κ2) is 6.10. The van der Waals surface area contributed by atoms with Crippen LogP contribution in [0.2, 0.25) is 0 Å². The van der Waals surface area contributed by atoms with Crippen molar-refractivity contribution in [3.63, 3.8) is 0 Å². The van der Waals surface area contributed by atoms with Gasteiger partial charge in [0.05, 0.1) is 24.8 Å². The average molecular weight is 286 g/mol. The highest BCUT2D eigenvalue weighted by Crippen LogP contribution is 2.18. The molecule has 110 valence electrons. The minimum absolute atomic E-state index is 0.0676. The molecule has 3 rings (SSSR count). The summed E-state index contributed by atoms with van der Waals surface area (Å²) in [5, 5.41) is 0. The maximum Gasteiger partial charge on any atom is 0.228 e. The highest BCUT2D eigenvalue weighted by molar-refractivity contribution is 5.78. The number of oxazole rings is 1. The number of hydrogen-bond acceptors (Lipinski definition) is 4. The van der Waals surface area contributed by atoms with E-state index in [9.17, 15) is 4.79 Å². The molecule has 0 radical (unpaired) electrons. The number of aromatic nitrogens is 1. The molecule has 1 unspecified atom stereocenters. The normalized spacial score (nSPS) is 18.7. The predicted molar refractivity (Wildman–Crippen MR) is 77.6 cm³/mol. The first kappa shape index (κ1) is 13.8. The number of rotatable bonds is 3. The van der Waals surface area contributed by atoms with Gasteiger partial charge in [0.25, 0.3) is 0 Å². The molecular formula is C16H18N2O3. The molecule has 0 aliphatic carbocycles. The number of benzene rings is 1. The molecule has 1 aromatic heterocycles. The van der Waals surface area contributed by atoms with Gasteiger partial charge in [-0.3, -0.25) is 4.79 Å². The Balaban J connectivity index is 1.66. The molecule has 1 aromatic carbocycles. The summed E-state index contributed by atoms with van der Waals surface area (Å²) in [5.74, 6) is 0.617. The third-order valence-corrected chi connectivity index (χ3v) is 3.50. The van der Waals surface area contributed by atoms with Crippen molar-refractivity contribution in [3.8, 4) is 11.5 Å². The van der Waals surface area contributed by atoms with Gasteiger partial charge in [-0.05, 0) is 19.1 Å². The smallest absolute Gasteiger partial charge is 0.228 e. The Hall–Kier alpha value is -2.14. The third kappa shape index (κ3) is 3.31. The molecule has 0 saturated carbocycles. The van der Waals surface area contributed by atoms with Crippen molar-refractivity contribution in [1.82, 2.24) is 9.88 Å². The van der Waals surface area contributed by atoms with Gasteiger partial charge in [0.15, 0.2) is 0 Å². The molecule has 1 saturated heterocycles. The van der Waals surface area contributed by atoms with Crippen LogP contribution in [0.1, 0.15) is 12.6 Å². The van der Waals surface area contributed by atoms with E-state index in [-0.39, 0.29) is 18.4 Å². The van der Waals surface area contributed by atoms with Crippen molar-refractivity contribution >= 4 is 5.91 Å². The first-order valence-electron chi connectivity index (χ1n) is 7.11. The SMILES string of the molecule is CC1CN(C(=O)Cc2coc(-c3ccccc3)n2)CCO1. The number of carbonyl (C=O) groups is 1. The summed E-state index contributed by atoms with van der Waals surface area (Å²) in [4.78, 5) is 18.5. The fraction of sp³-hybridized carbons (Fsp3) is 0.375. The molecule has 0 bridgehead atoms. The number of ether oxygens (including phenoxy) is 1.